The molecule has 0 bridgehead atoms. The summed E-state index contributed by atoms with van der Waals surface area (Å²) >= 11 is 0. The molecule has 0 amide bonds. The predicted molar refractivity (Wildman–Crippen MR) is 46.5 cm³/mol. The summed E-state index contributed by atoms with van der Waals surface area (Å²) in [5, 5.41) is 0. The predicted octanol–water partition coefficient (Wildman–Crippen LogP) is -0.511. The molecule has 76 valence electrons. The van der Waals surface area contributed by atoms with E-state index >= 15 is 0 Å². The van der Waals surface area contributed by atoms with Crippen LogP contribution in [0.4, 0.5) is 0 Å². The van der Waals surface area contributed by atoms with Crippen LogP contribution in [0, 0.1) is 5.92 Å². The van der Waals surface area contributed by atoms with Crippen molar-refractivity contribution in [2.75, 3.05) is 19.4 Å². The number of ether oxygens (including phenoxy) is 1. The largest absolute Gasteiger partial charge is 0.468 e. The van der Waals surface area contributed by atoms with Crippen molar-refractivity contribution in [3.63, 3.8) is 0 Å². The highest BCUT2D eigenvalue weighted by atomic mass is 32.2. The van der Waals surface area contributed by atoms with E-state index in [1.807, 2.05) is 0 Å². The van der Waals surface area contributed by atoms with E-state index in [2.05, 4.69) is 9.46 Å². The second kappa shape index (κ2) is 4.06. The fourth-order valence-electron chi connectivity index (χ4n) is 0.895. The number of hydrogen-bond acceptors (Lipinski definition) is 4. The summed E-state index contributed by atoms with van der Waals surface area (Å²) in [5.41, 5.74) is 0. The molecule has 0 aromatic heterocycles. The van der Waals surface area contributed by atoms with Crippen LogP contribution in [0.1, 0.15) is 12.8 Å². The summed E-state index contributed by atoms with van der Waals surface area (Å²) in [5.74, 6) is -0.154. The van der Waals surface area contributed by atoms with Crippen LogP contribution in [0.5, 0.6) is 0 Å². The fourth-order valence-corrected chi connectivity index (χ4v) is 2.30. The summed E-state index contributed by atoms with van der Waals surface area (Å²) in [6, 6.07) is 0. The SMILES string of the molecule is COC(=O)CNS(=O)(=O)CC1CC1. The maximum atomic E-state index is 11.2. The lowest BCUT2D eigenvalue weighted by molar-refractivity contribution is -0.139. The van der Waals surface area contributed by atoms with Crippen LogP contribution < -0.4 is 4.72 Å². The van der Waals surface area contributed by atoms with Gasteiger partial charge in [0.1, 0.15) is 6.54 Å². The third-order valence-corrected chi connectivity index (χ3v) is 3.31. The number of esters is 1. The maximum absolute atomic E-state index is 11.2. The van der Waals surface area contributed by atoms with Gasteiger partial charge in [0.15, 0.2) is 0 Å². The Kier molecular flexibility index (Phi) is 3.27. The number of methoxy groups -OCH3 is 1. The Bertz CT molecular complexity index is 281. The van der Waals surface area contributed by atoms with Gasteiger partial charge < -0.3 is 4.74 Å². The Labute approximate surface area is 77.5 Å². The summed E-state index contributed by atoms with van der Waals surface area (Å²) in [6.45, 7) is -0.272. The third-order valence-electron chi connectivity index (χ3n) is 1.82. The monoisotopic (exact) mass is 207 g/mol. The van der Waals surface area contributed by atoms with Crippen molar-refractivity contribution in [1.29, 1.82) is 0 Å². The molecule has 1 saturated carbocycles. The highest BCUT2D eigenvalue weighted by Crippen LogP contribution is 2.29. The first kappa shape index (κ1) is 10.5. The Morgan fingerprint density at radius 1 is 1.54 bits per heavy atom. The minimum Gasteiger partial charge on any atom is -0.468 e. The van der Waals surface area contributed by atoms with E-state index in [1.54, 1.807) is 0 Å². The molecule has 1 rings (SSSR count). The summed E-state index contributed by atoms with van der Waals surface area (Å²) < 4.78 is 28.8. The molecule has 0 unspecified atom stereocenters. The molecule has 1 aliphatic carbocycles. The smallest absolute Gasteiger partial charge is 0.320 e. The van der Waals surface area contributed by atoms with Crippen LogP contribution in [-0.4, -0.2) is 33.8 Å². The lowest BCUT2D eigenvalue weighted by Crippen LogP contribution is -2.32. The molecule has 0 spiro atoms. The molecule has 0 radical (unpaired) electrons. The Morgan fingerprint density at radius 3 is 2.62 bits per heavy atom. The normalized spacial score (nSPS) is 17.0. The zero-order valence-corrected chi connectivity index (χ0v) is 8.26. The number of sulfonamides is 1. The molecule has 0 heterocycles. The number of carbonyl (C=O) groups excluding carboxylic acids is 1. The van der Waals surface area contributed by atoms with Crippen LogP contribution in [0.15, 0.2) is 0 Å². The Morgan fingerprint density at radius 2 is 2.15 bits per heavy atom. The van der Waals surface area contributed by atoms with E-state index in [0.29, 0.717) is 0 Å². The zero-order chi connectivity index (χ0) is 9.90. The van der Waals surface area contributed by atoms with Gasteiger partial charge in [0, 0.05) is 0 Å². The van der Waals surface area contributed by atoms with Gasteiger partial charge in [-0.05, 0) is 18.8 Å². The Hall–Kier alpha value is -0.620. The lowest BCUT2D eigenvalue weighted by Gasteiger charge is -2.03. The van der Waals surface area contributed by atoms with Crippen LogP contribution in [0.3, 0.4) is 0 Å². The van der Waals surface area contributed by atoms with Crippen molar-refractivity contribution < 1.29 is 17.9 Å². The lowest BCUT2D eigenvalue weighted by atomic mass is 10.5. The molecule has 0 atom stereocenters. The fraction of sp³-hybridized carbons (Fsp3) is 0.857. The Balaban J connectivity index is 2.28. The molecule has 1 N–H and O–H groups in total. The second-order valence-corrected chi connectivity index (χ2v) is 4.97. The molecule has 0 saturated heterocycles. The van der Waals surface area contributed by atoms with Crippen LogP contribution in [0.25, 0.3) is 0 Å². The van der Waals surface area contributed by atoms with Gasteiger partial charge in [-0.25, -0.2) is 13.1 Å². The van der Waals surface area contributed by atoms with Crippen molar-refractivity contribution in [3.05, 3.63) is 0 Å². The van der Waals surface area contributed by atoms with Crippen molar-refractivity contribution >= 4 is 16.0 Å². The van der Waals surface area contributed by atoms with Gasteiger partial charge in [0.25, 0.3) is 0 Å². The summed E-state index contributed by atoms with van der Waals surface area (Å²) in [7, 11) is -2.05. The van der Waals surface area contributed by atoms with Gasteiger partial charge in [0.2, 0.25) is 10.0 Å². The quantitative estimate of drug-likeness (QED) is 0.616. The third kappa shape index (κ3) is 4.23. The molecule has 1 fully saturated rings. The first-order valence-electron chi connectivity index (χ1n) is 4.07. The summed E-state index contributed by atoms with van der Waals surface area (Å²) in [4.78, 5) is 10.6. The van der Waals surface area contributed by atoms with Crippen molar-refractivity contribution in [2.45, 2.75) is 12.8 Å². The van der Waals surface area contributed by atoms with Crippen LogP contribution >= 0.6 is 0 Å². The number of hydrogen-bond donors (Lipinski definition) is 1. The molecule has 0 aromatic carbocycles. The second-order valence-electron chi connectivity index (χ2n) is 3.12. The minimum atomic E-state index is -3.27. The van der Waals surface area contributed by atoms with Gasteiger partial charge in [-0.1, -0.05) is 0 Å². The molecular weight excluding hydrogens is 194 g/mol. The van der Waals surface area contributed by atoms with Crippen LogP contribution in [-0.2, 0) is 19.6 Å². The van der Waals surface area contributed by atoms with Gasteiger partial charge in [-0.2, -0.15) is 0 Å². The molecular formula is C7H13NO4S. The van der Waals surface area contributed by atoms with E-state index in [0.717, 1.165) is 12.8 Å². The highest BCUT2D eigenvalue weighted by Gasteiger charge is 2.28. The molecule has 6 heteroatoms. The molecule has 1 aliphatic rings. The average Bonchev–Trinajstić information content (AvgIpc) is 2.83. The zero-order valence-electron chi connectivity index (χ0n) is 7.45. The average molecular weight is 207 g/mol. The maximum Gasteiger partial charge on any atom is 0.320 e. The molecule has 0 aliphatic heterocycles. The van der Waals surface area contributed by atoms with E-state index in [9.17, 15) is 13.2 Å². The van der Waals surface area contributed by atoms with Crippen molar-refractivity contribution in [1.82, 2.24) is 4.72 Å². The highest BCUT2D eigenvalue weighted by molar-refractivity contribution is 7.89. The first-order valence-corrected chi connectivity index (χ1v) is 5.73. The number of carbonyl (C=O) groups is 1. The standard InChI is InChI=1S/C7H13NO4S/c1-12-7(9)4-8-13(10,11)5-6-2-3-6/h6,8H,2-5H2,1H3. The molecule has 0 aromatic rings. The number of nitrogens with one attached hydrogen (secondary N) is 1. The van der Waals surface area contributed by atoms with Crippen molar-refractivity contribution in [3.8, 4) is 0 Å². The van der Waals surface area contributed by atoms with E-state index in [4.69, 9.17) is 0 Å². The minimum absolute atomic E-state index is 0.129. The van der Waals surface area contributed by atoms with Gasteiger partial charge in [-0.3, -0.25) is 4.79 Å². The van der Waals surface area contributed by atoms with Gasteiger partial charge in [-0.15, -0.1) is 0 Å². The summed E-state index contributed by atoms with van der Waals surface area (Å²) in [6.07, 6.45) is 1.94. The molecule has 13 heavy (non-hydrogen) atoms. The first-order chi connectivity index (χ1) is 6.03. The number of rotatable bonds is 5. The van der Waals surface area contributed by atoms with Crippen LogP contribution in [0.2, 0.25) is 0 Å². The van der Waals surface area contributed by atoms with E-state index in [-0.39, 0.29) is 18.2 Å². The van der Waals surface area contributed by atoms with E-state index in [1.165, 1.54) is 7.11 Å². The van der Waals surface area contributed by atoms with Gasteiger partial charge >= 0.3 is 5.97 Å². The topological polar surface area (TPSA) is 72.5 Å². The molecule has 5 nitrogen and oxygen atoms in total. The van der Waals surface area contributed by atoms with E-state index < -0.39 is 16.0 Å². The van der Waals surface area contributed by atoms with Crippen molar-refractivity contribution in [2.24, 2.45) is 5.92 Å². The van der Waals surface area contributed by atoms with Gasteiger partial charge in [0.05, 0.1) is 12.9 Å².